The van der Waals surface area contributed by atoms with Crippen LogP contribution in [0.1, 0.15) is 25.3 Å². The van der Waals surface area contributed by atoms with E-state index in [1.807, 2.05) is 19.1 Å². The number of benzene rings is 1. The molecule has 0 saturated heterocycles. The van der Waals surface area contributed by atoms with Crippen LogP contribution in [-0.2, 0) is 11.2 Å². The summed E-state index contributed by atoms with van der Waals surface area (Å²) in [6, 6.07) is 7.31. The van der Waals surface area contributed by atoms with Gasteiger partial charge in [-0.05, 0) is 37.5 Å². The van der Waals surface area contributed by atoms with Gasteiger partial charge in [-0.2, -0.15) is 0 Å². The van der Waals surface area contributed by atoms with Gasteiger partial charge < -0.3 is 5.32 Å². The second kappa shape index (κ2) is 7.57. The van der Waals surface area contributed by atoms with E-state index in [1.54, 1.807) is 12.1 Å². The fourth-order valence-corrected chi connectivity index (χ4v) is 1.74. The number of carbonyl (C=O) groups excluding carboxylic acids is 1. The van der Waals surface area contributed by atoms with Crippen LogP contribution in [0.4, 0.5) is 0 Å². The average molecular weight is 274 g/mol. The van der Waals surface area contributed by atoms with Crippen LogP contribution in [0, 0.1) is 0 Å². The standard InChI is InChI=1S/C13H17Cl2NO/c1-10(14)3-2-8-16-13(17)9-11-4-6-12(15)7-5-11/h4-7,10H,2-3,8-9H2,1H3,(H,16,17). The Morgan fingerprint density at radius 1 is 1.35 bits per heavy atom. The lowest BCUT2D eigenvalue weighted by molar-refractivity contribution is -0.120. The maximum absolute atomic E-state index is 11.6. The Labute approximate surface area is 112 Å². The largest absolute Gasteiger partial charge is 0.356 e. The third-order valence-corrected chi connectivity index (χ3v) is 2.85. The Hall–Kier alpha value is -0.730. The number of nitrogens with one attached hydrogen (secondary N) is 1. The molecule has 0 fully saturated rings. The van der Waals surface area contributed by atoms with Crippen molar-refractivity contribution < 1.29 is 4.79 Å². The number of hydrogen-bond acceptors (Lipinski definition) is 1. The summed E-state index contributed by atoms with van der Waals surface area (Å²) in [5, 5.41) is 3.73. The molecular formula is C13H17Cl2NO. The molecule has 1 unspecified atom stereocenters. The van der Waals surface area contributed by atoms with E-state index >= 15 is 0 Å². The van der Waals surface area contributed by atoms with Crippen LogP contribution < -0.4 is 5.32 Å². The second-order valence-corrected chi connectivity index (χ2v) is 5.26. The van der Waals surface area contributed by atoms with E-state index < -0.39 is 0 Å². The number of amides is 1. The molecule has 4 heteroatoms. The van der Waals surface area contributed by atoms with Gasteiger partial charge in [0, 0.05) is 16.9 Å². The van der Waals surface area contributed by atoms with Gasteiger partial charge in [0.1, 0.15) is 0 Å². The third-order valence-electron chi connectivity index (χ3n) is 2.38. The van der Waals surface area contributed by atoms with Crippen molar-refractivity contribution in [2.75, 3.05) is 6.54 Å². The molecule has 2 nitrogen and oxygen atoms in total. The topological polar surface area (TPSA) is 29.1 Å². The van der Waals surface area contributed by atoms with Crippen LogP contribution in [0.2, 0.25) is 5.02 Å². The zero-order valence-corrected chi connectivity index (χ0v) is 11.4. The number of rotatable bonds is 6. The second-order valence-electron chi connectivity index (χ2n) is 4.08. The van der Waals surface area contributed by atoms with E-state index in [1.165, 1.54) is 0 Å². The maximum atomic E-state index is 11.6. The minimum absolute atomic E-state index is 0.0366. The molecule has 0 heterocycles. The molecule has 0 saturated carbocycles. The molecule has 0 aromatic heterocycles. The van der Waals surface area contributed by atoms with Crippen molar-refractivity contribution in [2.45, 2.75) is 31.6 Å². The lowest BCUT2D eigenvalue weighted by Gasteiger charge is -2.06. The summed E-state index contributed by atoms with van der Waals surface area (Å²) in [5.74, 6) is 0.0366. The number of halogens is 2. The van der Waals surface area contributed by atoms with E-state index in [0.29, 0.717) is 18.0 Å². The molecule has 17 heavy (non-hydrogen) atoms. The van der Waals surface area contributed by atoms with Crippen LogP contribution in [0.15, 0.2) is 24.3 Å². The van der Waals surface area contributed by atoms with Crippen molar-refractivity contribution in [3.05, 3.63) is 34.9 Å². The fraction of sp³-hybridized carbons (Fsp3) is 0.462. The Kier molecular flexibility index (Phi) is 6.38. The molecule has 0 radical (unpaired) electrons. The molecule has 0 aliphatic carbocycles. The predicted molar refractivity (Wildman–Crippen MR) is 72.7 cm³/mol. The monoisotopic (exact) mass is 273 g/mol. The first-order chi connectivity index (χ1) is 8.08. The molecule has 1 aromatic carbocycles. The van der Waals surface area contributed by atoms with Crippen molar-refractivity contribution in [2.24, 2.45) is 0 Å². The first-order valence-electron chi connectivity index (χ1n) is 5.73. The quantitative estimate of drug-likeness (QED) is 0.625. The normalized spacial score (nSPS) is 12.2. The van der Waals surface area contributed by atoms with Gasteiger partial charge >= 0.3 is 0 Å². The SMILES string of the molecule is CC(Cl)CCCNC(=O)Cc1ccc(Cl)cc1. The van der Waals surface area contributed by atoms with Crippen LogP contribution >= 0.6 is 23.2 Å². The average Bonchev–Trinajstić information content (AvgIpc) is 2.27. The summed E-state index contributed by atoms with van der Waals surface area (Å²) in [6.45, 7) is 2.64. The molecule has 0 bridgehead atoms. The number of carbonyl (C=O) groups is 1. The molecule has 94 valence electrons. The van der Waals surface area contributed by atoms with E-state index in [-0.39, 0.29) is 11.3 Å². The number of hydrogen-bond donors (Lipinski definition) is 1. The highest BCUT2D eigenvalue weighted by Crippen LogP contribution is 2.09. The smallest absolute Gasteiger partial charge is 0.224 e. The van der Waals surface area contributed by atoms with Crippen LogP contribution in [0.3, 0.4) is 0 Å². The molecule has 1 aromatic rings. The summed E-state index contributed by atoms with van der Waals surface area (Å²) in [6.07, 6.45) is 2.23. The van der Waals surface area contributed by atoms with Crippen molar-refractivity contribution in [1.29, 1.82) is 0 Å². The van der Waals surface area contributed by atoms with E-state index in [0.717, 1.165) is 18.4 Å². The lowest BCUT2D eigenvalue weighted by Crippen LogP contribution is -2.26. The van der Waals surface area contributed by atoms with E-state index in [2.05, 4.69) is 5.32 Å². The van der Waals surface area contributed by atoms with Gasteiger partial charge in [0.05, 0.1) is 6.42 Å². The minimum Gasteiger partial charge on any atom is -0.356 e. The molecule has 0 aliphatic heterocycles. The highest BCUT2D eigenvalue weighted by atomic mass is 35.5. The Morgan fingerprint density at radius 3 is 2.59 bits per heavy atom. The summed E-state index contributed by atoms with van der Waals surface area (Å²) < 4.78 is 0. The summed E-state index contributed by atoms with van der Waals surface area (Å²) >= 11 is 11.6. The zero-order valence-electron chi connectivity index (χ0n) is 9.88. The molecule has 1 atom stereocenters. The van der Waals surface area contributed by atoms with Gasteiger partial charge in [0.2, 0.25) is 5.91 Å². The Bertz CT molecular complexity index is 349. The highest BCUT2D eigenvalue weighted by Gasteiger charge is 2.03. The first-order valence-corrected chi connectivity index (χ1v) is 6.54. The number of alkyl halides is 1. The van der Waals surface area contributed by atoms with Gasteiger partial charge in [-0.15, -0.1) is 11.6 Å². The van der Waals surface area contributed by atoms with Gasteiger partial charge in [0.15, 0.2) is 0 Å². The van der Waals surface area contributed by atoms with Crippen LogP contribution in [0.25, 0.3) is 0 Å². The molecule has 0 spiro atoms. The molecule has 0 aliphatic rings. The highest BCUT2D eigenvalue weighted by molar-refractivity contribution is 6.30. The molecule has 1 N–H and O–H groups in total. The van der Waals surface area contributed by atoms with Gasteiger partial charge in [-0.1, -0.05) is 23.7 Å². The maximum Gasteiger partial charge on any atom is 0.224 e. The fourth-order valence-electron chi connectivity index (χ4n) is 1.46. The Balaban J connectivity index is 2.23. The molecule has 1 rings (SSSR count). The van der Waals surface area contributed by atoms with Crippen molar-refractivity contribution >= 4 is 29.1 Å². The summed E-state index contributed by atoms with van der Waals surface area (Å²) in [7, 11) is 0. The van der Waals surface area contributed by atoms with Crippen molar-refractivity contribution in [3.63, 3.8) is 0 Å². The zero-order chi connectivity index (χ0) is 12.7. The van der Waals surface area contributed by atoms with Gasteiger partial charge in [0.25, 0.3) is 0 Å². The lowest BCUT2D eigenvalue weighted by atomic mass is 10.1. The van der Waals surface area contributed by atoms with Crippen molar-refractivity contribution in [3.8, 4) is 0 Å². The van der Waals surface area contributed by atoms with E-state index in [4.69, 9.17) is 23.2 Å². The minimum atomic E-state index is 0.0366. The first kappa shape index (κ1) is 14.3. The van der Waals surface area contributed by atoms with Crippen molar-refractivity contribution in [1.82, 2.24) is 5.32 Å². The predicted octanol–water partition coefficient (Wildman–Crippen LogP) is 3.41. The Morgan fingerprint density at radius 2 is 2.00 bits per heavy atom. The summed E-state index contributed by atoms with van der Waals surface area (Å²) in [5.41, 5.74) is 0.970. The van der Waals surface area contributed by atoms with E-state index in [9.17, 15) is 4.79 Å². The van der Waals surface area contributed by atoms with Crippen LogP contribution in [-0.4, -0.2) is 17.8 Å². The van der Waals surface area contributed by atoms with Gasteiger partial charge in [-0.3, -0.25) is 4.79 Å². The van der Waals surface area contributed by atoms with Gasteiger partial charge in [-0.25, -0.2) is 0 Å². The summed E-state index contributed by atoms with van der Waals surface area (Å²) in [4.78, 5) is 11.6. The third kappa shape index (κ3) is 6.54. The van der Waals surface area contributed by atoms with Crippen LogP contribution in [0.5, 0.6) is 0 Å². The molecule has 1 amide bonds. The molecular weight excluding hydrogens is 257 g/mol.